The van der Waals surface area contributed by atoms with E-state index in [1.165, 1.54) is 0 Å². The maximum Gasteiger partial charge on any atom is 0.202 e. The molecule has 4 heteroatoms. The van der Waals surface area contributed by atoms with Crippen LogP contribution in [0.3, 0.4) is 0 Å². The van der Waals surface area contributed by atoms with E-state index >= 15 is 0 Å². The van der Waals surface area contributed by atoms with Crippen LogP contribution < -0.4 is 11.1 Å². The number of imidazole rings is 1. The summed E-state index contributed by atoms with van der Waals surface area (Å²) in [5.74, 6) is 0.952. The van der Waals surface area contributed by atoms with Crippen molar-refractivity contribution in [3.63, 3.8) is 0 Å². The normalized spacial score (nSPS) is 12.8. The minimum Gasteiger partial charge on any atom is -0.353 e. The smallest absolute Gasteiger partial charge is 0.202 e. The molecule has 0 radical (unpaired) electrons. The quantitative estimate of drug-likeness (QED) is 0.724. The van der Waals surface area contributed by atoms with Crippen LogP contribution in [0.15, 0.2) is 12.4 Å². The highest BCUT2D eigenvalue weighted by molar-refractivity contribution is 5.27. The van der Waals surface area contributed by atoms with Crippen LogP contribution in [0, 0.1) is 0 Å². The average molecular weight is 196 g/mol. The Kier molecular flexibility index (Phi) is 4.46. The Morgan fingerprint density at radius 2 is 2.36 bits per heavy atom. The second kappa shape index (κ2) is 5.65. The molecule has 1 atom stereocenters. The Bertz CT molecular complexity index is 256. The van der Waals surface area contributed by atoms with Crippen molar-refractivity contribution >= 4 is 5.95 Å². The molecule has 0 aliphatic rings. The van der Waals surface area contributed by atoms with E-state index in [9.17, 15) is 0 Å². The molecule has 0 aliphatic carbocycles. The first-order valence-corrected chi connectivity index (χ1v) is 5.29. The van der Waals surface area contributed by atoms with Crippen LogP contribution in [0.1, 0.15) is 26.7 Å². The van der Waals surface area contributed by atoms with Crippen molar-refractivity contribution in [2.24, 2.45) is 5.73 Å². The summed E-state index contributed by atoms with van der Waals surface area (Å²) in [6.07, 6.45) is 5.87. The van der Waals surface area contributed by atoms with Crippen molar-refractivity contribution in [3.05, 3.63) is 12.4 Å². The lowest BCUT2D eigenvalue weighted by Gasteiger charge is -2.17. The Balaban J connectivity index is 2.56. The molecule has 14 heavy (non-hydrogen) atoms. The third kappa shape index (κ3) is 2.73. The van der Waals surface area contributed by atoms with E-state index in [0.29, 0.717) is 6.04 Å². The van der Waals surface area contributed by atoms with Gasteiger partial charge in [-0.15, -0.1) is 0 Å². The zero-order chi connectivity index (χ0) is 10.4. The predicted molar refractivity (Wildman–Crippen MR) is 59.3 cm³/mol. The molecule has 1 unspecified atom stereocenters. The lowest BCUT2D eigenvalue weighted by Crippen LogP contribution is -2.24. The van der Waals surface area contributed by atoms with Crippen LogP contribution in [0.25, 0.3) is 0 Å². The monoisotopic (exact) mass is 196 g/mol. The molecule has 80 valence electrons. The van der Waals surface area contributed by atoms with Gasteiger partial charge in [-0.3, -0.25) is 0 Å². The Morgan fingerprint density at radius 3 is 2.93 bits per heavy atom. The van der Waals surface area contributed by atoms with E-state index in [-0.39, 0.29) is 0 Å². The molecule has 1 aromatic heterocycles. The first kappa shape index (κ1) is 11.0. The van der Waals surface area contributed by atoms with Gasteiger partial charge in [0, 0.05) is 25.0 Å². The molecule has 0 saturated heterocycles. The maximum atomic E-state index is 5.54. The number of nitrogens with zero attached hydrogens (tertiary/aromatic N) is 2. The molecule has 4 nitrogen and oxygen atoms in total. The highest BCUT2D eigenvalue weighted by atomic mass is 15.2. The van der Waals surface area contributed by atoms with E-state index in [0.717, 1.165) is 31.9 Å². The lowest BCUT2D eigenvalue weighted by atomic mass is 10.1. The predicted octanol–water partition coefficient (Wildman–Crippen LogP) is 1.44. The number of anilines is 1. The Hall–Kier alpha value is -1.03. The van der Waals surface area contributed by atoms with E-state index in [4.69, 9.17) is 5.73 Å². The SMILES string of the molecule is CCC(CCN)Nc1nccn1CC. The number of nitrogens with two attached hydrogens (primary N) is 1. The zero-order valence-electron chi connectivity index (χ0n) is 9.03. The molecule has 1 rings (SSSR count). The fraction of sp³-hybridized carbons (Fsp3) is 0.700. The third-order valence-electron chi connectivity index (χ3n) is 2.40. The van der Waals surface area contributed by atoms with Gasteiger partial charge < -0.3 is 15.6 Å². The largest absolute Gasteiger partial charge is 0.353 e. The van der Waals surface area contributed by atoms with Gasteiger partial charge in [0.05, 0.1) is 0 Å². The summed E-state index contributed by atoms with van der Waals surface area (Å²) in [6, 6.07) is 0.438. The van der Waals surface area contributed by atoms with Gasteiger partial charge in [0.2, 0.25) is 5.95 Å². The molecule has 0 spiro atoms. The van der Waals surface area contributed by atoms with E-state index in [2.05, 4.69) is 28.7 Å². The van der Waals surface area contributed by atoms with Crippen LogP contribution in [0.2, 0.25) is 0 Å². The van der Waals surface area contributed by atoms with E-state index in [1.807, 2.05) is 12.4 Å². The summed E-state index contributed by atoms with van der Waals surface area (Å²) in [7, 11) is 0. The topological polar surface area (TPSA) is 55.9 Å². The van der Waals surface area contributed by atoms with Gasteiger partial charge in [-0.2, -0.15) is 0 Å². The van der Waals surface area contributed by atoms with Gasteiger partial charge in [0.25, 0.3) is 0 Å². The maximum absolute atomic E-state index is 5.54. The third-order valence-corrected chi connectivity index (χ3v) is 2.40. The summed E-state index contributed by atoms with van der Waals surface area (Å²) in [4.78, 5) is 4.27. The average Bonchev–Trinajstić information content (AvgIpc) is 2.64. The highest BCUT2D eigenvalue weighted by Crippen LogP contribution is 2.09. The minimum atomic E-state index is 0.438. The van der Waals surface area contributed by atoms with Crippen molar-refractivity contribution in [2.45, 2.75) is 39.3 Å². The van der Waals surface area contributed by atoms with Crippen molar-refractivity contribution in [3.8, 4) is 0 Å². The van der Waals surface area contributed by atoms with Crippen LogP contribution in [0.5, 0.6) is 0 Å². The summed E-state index contributed by atoms with van der Waals surface area (Å²) < 4.78 is 2.10. The van der Waals surface area contributed by atoms with Crippen LogP contribution in [0.4, 0.5) is 5.95 Å². The van der Waals surface area contributed by atoms with E-state index in [1.54, 1.807) is 0 Å². The van der Waals surface area contributed by atoms with Gasteiger partial charge in [-0.1, -0.05) is 6.92 Å². The van der Waals surface area contributed by atoms with Gasteiger partial charge >= 0.3 is 0 Å². The molecule has 0 saturated carbocycles. The number of aromatic nitrogens is 2. The molecular weight excluding hydrogens is 176 g/mol. The van der Waals surface area contributed by atoms with Crippen LogP contribution >= 0.6 is 0 Å². The standard InChI is InChI=1S/C10H20N4/c1-3-9(5-6-11)13-10-12-7-8-14(10)4-2/h7-9H,3-6,11H2,1-2H3,(H,12,13). The van der Waals surface area contributed by atoms with E-state index < -0.39 is 0 Å². The molecule has 0 fully saturated rings. The summed E-state index contributed by atoms with van der Waals surface area (Å²) in [5, 5.41) is 3.40. The first-order valence-electron chi connectivity index (χ1n) is 5.29. The van der Waals surface area contributed by atoms with Crippen LogP contribution in [-0.4, -0.2) is 22.1 Å². The molecule has 0 bridgehead atoms. The highest BCUT2D eigenvalue weighted by Gasteiger charge is 2.07. The number of hydrogen-bond donors (Lipinski definition) is 2. The summed E-state index contributed by atoms with van der Waals surface area (Å²) >= 11 is 0. The molecule has 1 heterocycles. The van der Waals surface area contributed by atoms with Crippen molar-refractivity contribution < 1.29 is 0 Å². The van der Waals surface area contributed by atoms with Gasteiger partial charge in [-0.05, 0) is 26.3 Å². The number of rotatable bonds is 6. The number of nitrogens with one attached hydrogen (secondary N) is 1. The Morgan fingerprint density at radius 1 is 1.57 bits per heavy atom. The first-order chi connectivity index (χ1) is 6.81. The van der Waals surface area contributed by atoms with Crippen molar-refractivity contribution in [1.82, 2.24) is 9.55 Å². The van der Waals surface area contributed by atoms with Crippen molar-refractivity contribution in [1.29, 1.82) is 0 Å². The second-order valence-corrected chi connectivity index (χ2v) is 3.36. The molecule has 0 aliphatic heterocycles. The summed E-state index contributed by atoms with van der Waals surface area (Å²) in [5.41, 5.74) is 5.54. The van der Waals surface area contributed by atoms with Gasteiger partial charge in [-0.25, -0.2) is 4.98 Å². The minimum absolute atomic E-state index is 0.438. The van der Waals surface area contributed by atoms with Gasteiger partial charge in [0.1, 0.15) is 0 Å². The molecule has 0 aromatic carbocycles. The van der Waals surface area contributed by atoms with Crippen molar-refractivity contribution in [2.75, 3.05) is 11.9 Å². The van der Waals surface area contributed by atoms with Gasteiger partial charge in [0.15, 0.2) is 0 Å². The molecule has 1 aromatic rings. The van der Waals surface area contributed by atoms with Crippen LogP contribution in [-0.2, 0) is 6.54 Å². The fourth-order valence-corrected chi connectivity index (χ4v) is 1.47. The second-order valence-electron chi connectivity index (χ2n) is 3.36. The molecule has 0 amide bonds. The number of hydrogen-bond acceptors (Lipinski definition) is 3. The number of aryl methyl sites for hydroxylation is 1. The Labute approximate surface area is 85.5 Å². The lowest BCUT2D eigenvalue weighted by molar-refractivity contribution is 0.626. The fourth-order valence-electron chi connectivity index (χ4n) is 1.47. The molecular formula is C10H20N4. The molecule has 3 N–H and O–H groups in total. The summed E-state index contributed by atoms with van der Waals surface area (Å²) in [6.45, 7) is 5.93. The zero-order valence-corrected chi connectivity index (χ0v) is 9.03.